The molecule has 0 saturated heterocycles. The van der Waals surface area contributed by atoms with Gasteiger partial charge in [0.25, 0.3) is 0 Å². The summed E-state index contributed by atoms with van der Waals surface area (Å²) in [6.07, 6.45) is 0. The molecule has 1 aromatic carbocycles. The topological polar surface area (TPSA) is 56.0 Å². The Morgan fingerprint density at radius 1 is 1.28 bits per heavy atom. The first-order valence-electron chi connectivity index (χ1n) is 5.83. The molecule has 0 bridgehead atoms. The van der Waals surface area contributed by atoms with Crippen LogP contribution in [0.2, 0.25) is 0 Å². The van der Waals surface area contributed by atoms with Gasteiger partial charge in [-0.25, -0.2) is 0 Å². The van der Waals surface area contributed by atoms with Crippen molar-refractivity contribution in [3.05, 3.63) is 35.7 Å². The maximum atomic E-state index is 12.2. The molecule has 2 aromatic rings. The molecule has 0 radical (unpaired) electrons. The normalized spacial score (nSPS) is 11.6. The zero-order valence-electron chi connectivity index (χ0n) is 11.0. The molecular weight excluding hydrogens is 228 g/mol. The molecule has 0 spiro atoms. The number of aryl methyl sites for hydroxylation is 1. The van der Waals surface area contributed by atoms with Crippen LogP contribution in [0.25, 0.3) is 11.4 Å². The van der Waals surface area contributed by atoms with Crippen molar-refractivity contribution in [2.45, 2.75) is 27.7 Å². The number of rotatable bonds is 2. The Bertz CT molecular complexity index is 579. The lowest BCUT2D eigenvalue weighted by Crippen LogP contribution is -2.20. The molecule has 0 aliphatic heterocycles. The van der Waals surface area contributed by atoms with Crippen LogP contribution in [-0.2, 0) is 0 Å². The maximum absolute atomic E-state index is 12.2. The van der Waals surface area contributed by atoms with Crippen LogP contribution in [0.1, 0.15) is 37.0 Å². The van der Waals surface area contributed by atoms with Gasteiger partial charge >= 0.3 is 0 Å². The number of ketones is 1. The van der Waals surface area contributed by atoms with Crippen molar-refractivity contribution in [3.63, 3.8) is 0 Å². The quantitative estimate of drug-likeness (QED) is 0.761. The summed E-state index contributed by atoms with van der Waals surface area (Å²) in [6.45, 7) is 7.45. The van der Waals surface area contributed by atoms with Crippen LogP contribution in [-0.4, -0.2) is 15.9 Å². The molecule has 0 atom stereocenters. The Labute approximate surface area is 106 Å². The second-order valence-electron chi connectivity index (χ2n) is 5.30. The van der Waals surface area contributed by atoms with Gasteiger partial charge in [0.1, 0.15) is 0 Å². The van der Waals surface area contributed by atoms with Gasteiger partial charge in [0.2, 0.25) is 11.7 Å². The fourth-order valence-electron chi connectivity index (χ4n) is 1.65. The van der Waals surface area contributed by atoms with Crippen LogP contribution in [0.15, 0.2) is 28.8 Å². The molecule has 0 amide bonds. The third kappa shape index (κ3) is 2.47. The number of benzene rings is 1. The van der Waals surface area contributed by atoms with Crippen molar-refractivity contribution < 1.29 is 9.32 Å². The first kappa shape index (κ1) is 12.5. The Hall–Kier alpha value is -1.97. The number of nitrogens with zero attached hydrogens (tertiary/aromatic N) is 2. The van der Waals surface area contributed by atoms with Gasteiger partial charge in [0.05, 0.1) is 0 Å². The molecule has 0 aliphatic carbocycles. The van der Waals surface area contributed by atoms with Gasteiger partial charge in [-0.1, -0.05) is 44.1 Å². The molecule has 0 aliphatic rings. The lowest BCUT2D eigenvalue weighted by Gasteiger charge is -2.16. The van der Waals surface area contributed by atoms with E-state index in [4.69, 9.17) is 4.52 Å². The minimum Gasteiger partial charge on any atom is -0.339 e. The smallest absolute Gasteiger partial charge is 0.223 e. The van der Waals surface area contributed by atoms with E-state index >= 15 is 0 Å². The van der Waals surface area contributed by atoms with Crippen LogP contribution in [0.3, 0.4) is 0 Å². The molecule has 1 aromatic heterocycles. The maximum Gasteiger partial charge on any atom is 0.223 e. The summed E-state index contributed by atoms with van der Waals surface area (Å²) in [7, 11) is 0. The molecule has 0 saturated carbocycles. The third-order valence-electron chi connectivity index (χ3n) is 2.59. The van der Waals surface area contributed by atoms with E-state index in [-0.39, 0.29) is 5.78 Å². The Morgan fingerprint density at radius 3 is 2.56 bits per heavy atom. The first-order valence-corrected chi connectivity index (χ1v) is 5.83. The van der Waals surface area contributed by atoms with Gasteiger partial charge in [-0.2, -0.15) is 4.98 Å². The van der Waals surface area contributed by atoms with Gasteiger partial charge in [-0.15, -0.1) is 0 Å². The van der Waals surface area contributed by atoms with Crippen molar-refractivity contribution >= 4 is 5.78 Å². The average molecular weight is 244 g/mol. The molecule has 4 nitrogen and oxygen atoms in total. The number of carbonyl (C=O) groups excluding carboxylic acids is 1. The highest BCUT2D eigenvalue weighted by atomic mass is 16.5. The lowest BCUT2D eigenvalue weighted by molar-refractivity contribution is 0.0858. The highest BCUT2D eigenvalue weighted by molar-refractivity contribution is 6.00. The van der Waals surface area contributed by atoms with Crippen LogP contribution in [0.5, 0.6) is 0 Å². The number of Topliss-reactive ketones (excluding diaryl/α,β-unsaturated/α-hetero) is 1. The molecule has 0 fully saturated rings. The summed E-state index contributed by atoms with van der Waals surface area (Å²) in [5.74, 6) is 1.12. The summed E-state index contributed by atoms with van der Waals surface area (Å²) in [5, 5.41) is 3.85. The summed E-state index contributed by atoms with van der Waals surface area (Å²) < 4.78 is 4.94. The standard InChI is InChI=1S/C14H16N2O2/c1-9-15-13(16-18-9)11-7-5-6-10(8-11)12(17)14(2,3)4/h5-8H,1-4H3. The number of hydrogen-bond donors (Lipinski definition) is 0. The van der Waals surface area contributed by atoms with E-state index in [2.05, 4.69) is 10.1 Å². The van der Waals surface area contributed by atoms with E-state index in [1.165, 1.54) is 0 Å². The van der Waals surface area contributed by atoms with E-state index in [0.29, 0.717) is 17.3 Å². The van der Waals surface area contributed by atoms with Crippen molar-refractivity contribution in [3.8, 4) is 11.4 Å². The third-order valence-corrected chi connectivity index (χ3v) is 2.59. The first-order chi connectivity index (χ1) is 8.38. The average Bonchev–Trinajstić information content (AvgIpc) is 2.74. The predicted molar refractivity (Wildman–Crippen MR) is 68.3 cm³/mol. The van der Waals surface area contributed by atoms with Gasteiger partial charge in [-0.3, -0.25) is 4.79 Å². The van der Waals surface area contributed by atoms with Crippen molar-refractivity contribution in [2.75, 3.05) is 0 Å². The molecule has 4 heteroatoms. The largest absolute Gasteiger partial charge is 0.339 e. The summed E-state index contributed by atoms with van der Waals surface area (Å²) in [6, 6.07) is 7.31. The van der Waals surface area contributed by atoms with E-state index in [1.54, 1.807) is 13.0 Å². The Balaban J connectivity index is 2.40. The molecule has 0 N–H and O–H groups in total. The van der Waals surface area contributed by atoms with Crippen LogP contribution >= 0.6 is 0 Å². The van der Waals surface area contributed by atoms with Crippen molar-refractivity contribution in [1.82, 2.24) is 10.1 Å². The highest BCUT2D eigenvalue weighted by Gasteiger charge is 2.23. The van der Waals surface area contributed by atoms with Crippen molar-refractivity contribution in [1.29, 1.82) is 0 Å². The van der Waals surface area contributed by atoms with Crippen molar-refractivity contribution in [2.24, 2.45) is 5.41 Å². The molecule has 18 heavy (non-hydrogen) atoms. The van der Waals surface area contributed by atoms with Crippen LogP contribution in [0, 0.1) is 12.3 Å². The van der Waals surface area contributed by atoms with Gasteiger partial charge in [0, 0.05) is 23.5 Å². The molecular formula is C14H16N2O2. The van der Waals surface area contributed by atoms with Gasteiger partial charge in [0.15, 0.2) is 5.78 Å². The minimum absolute atomic E-state index is 0.101. The number of hydrogen-bond acceptors (Lipinski definition) is 4. The van der Waals surface area contributed by atoms with E-state index in [1.807, 2.05) is 39.0 Å². The number of aromatic nitrogens is 2. The highest BCUT2D eigenvalue weighted by Crippen LogP contribution is 2.24. The second kappa shape index (κ2) is 4.37. The Morgan fingerprint density at radius 2 is 2.00 bits per heavy atom. The minimum atomic E-state index is -0.397. The summed E-state index contributed by atoms with van der Waals surface area (Å²) in [4.78, 5) is 16.3. The SMILES string of the molecule is Cc1nc(-c2cccc(C(=O)C(C)(C)C)c2)no1. The fourth-order valence-corrected chi connectivity index (χ4v) is 1.65. The van der Waals surface area contributed by atoms with Gasteiger partial charge < -0.3 is 4.52 Å². The van der Waals surface area contributed by atoms with Gasteiger partial charge in [-0.05, 0) is 6.07 Å². The Kier molecular flexibility index (Phi) is 3.03. The summed E-state index contributed by atoms with van der Waals surface area (Å²) in [5.41, 5.74) is 1.07. The zero-order chi connectivity index (χ0) is 13.3. The lowest BCUT2D eigenvalue weighted by atomic mass is 9.86. The van der Waals surface area contributed by atoms with Crippen LogP contribution in [0.4, 0.5) is 0 Å². The molecule has 2 rings (SSSR count). The summed E-state index contributed by atoms with van der Waals surface area (Å²) >= 11 is 0. The fraction of sp³-hybridized carbons (Fsp3) is 0.357. The van der Waals surface area contributed by atoms with E-state index in [0.717, 1.165) is 5.56 Å². The predicted octanol–water partition coefficient (Wildman–Crippen LogP) is 3.27. The van der Waals surface area contributed by atoms with Crippen LogP contribution < -0.4 is 0 Å². The molecule has 94 valence electrons. The number of carbonyl (C=O) groups is 1. The second-order valence-corrected chi connectivity index (χ2v) is 5.30. The van der Waals surface area contributed by atoms with E-state index in [9.17, 15) is 4.79 Å². The monoisotopic (exact) mass is 244 g/mol. The molecule has 1 heterocycles. The molecule has 0 unspecified atom stereocenters. The van der Waals surface area contributed by atoms with E-state index < -0.39 is 5.41 Å². The zero-order valence-corrected chi connectivity index (χ0v) is 11.0.